The molecule has 0 aliphatic heterocycles. The second-order valence-electron chi connectivity index (χ2n) is 11.4. The molecule has 5 aromatic rings. The molecule has 5 rings (SSSR count). The highest BCUT2D eigenvalue weighted by atomic mass is 32.1. The van der Waals surface area contributed by atoms with Crippen molar-refractivity contribution in [3.05, 3.63) is 100 Å². The Morgan fingerprint density at radius 1 is 0.907 bits per heavy atom. The van der Waals surface area contributed by atoms with Crippen molar-refractivity contribution in [2.45, 2.75) is 72.1 Å². The zero-order valence-electron chi connectivity index (χ0n) is 25.5. The molecule has 0 fully saturated rings. The molecule has 43 heavy (non-hydrogen) atoms. The van der Waals surface area contributed by atoms with Crippen LogP contribution in [0.1, 0.15) is 68.4 Å². The summed E-state index contributed by atoms with van der Waals surface area (Å²) in [6.07, 6.45) is 2.33. The van der Waals surface area contributed by atoms with Crippen molar-refractivity contribution < 1.29 is 9.90 Å². The van der Waals surface area contributed by atoms with Gasteiger partial charge in [0.25, 0.3) is 0 Å². The van der Waals surface area contributed by atoms with Crippen LogP contribution >= 0.6 is 11.3 Å². The molecule has 0 aliphatic carbocycles. The first-order chi connectivity index (χ1) is 20.8. The van der Waals surface area contributed by atoms with Crippen molar-refractivity contribution in [1.82, 2.24) is 19.9 Å². The van der Waals surface area contributed by atoms with E-state index in [1.165, 1.54) is 29.7 Å². The molecule has 0 atom stereocenters. The molecular weight excluding hydrogens is 554 g/mol. The molecular formula is C35H41N5O2S. The standard InChI is InChI=1S/C35H41N5O2S/c1-5-26(6-2)27-15-17-29(18-16-27)40(24(3)4)19-25-11-13-28(14-12-25)32-23-43-34(38-32)21-39(22-35(41)42)20-33-36-30-9-7-8-10-31(30)37-33/h7-18,23-24,26H,5-6,19-22H2,1-4H3,(H,36,37)(H,41,42). The lowest BCUT2D eigenvalue weighted by atomic mass is 9.94. The van der Waals surface area contributed by atoms with Gasteiger partial charge in [-0.15, -0.1) is 11.3 Å². The SMILES string of the molecule is CCC(CC)c1ccc(N(Cc2ccc(-c3csc(CN(CC(=O)O)Cc4nc5ccccc5[nH]4)n3)cc2)C(C)C)cc1. The number of aliphatic carboxylic acids is 1. The first-order valence-electron chi connectivity index (χ1n) is 15.1. The molecule has 0 amide bonds. The monoisotopic (exact) mass is 595 g/mol. The van der Waals surface area contributed by atoms with Crippen LogP contribution in [0.25, 0.3) is 22.3 Å². The number of carboxylic acid groups (broad SMARTS) is 1. The maximum atomic E-state index is 11.6. The highest BCUT2D eigenvalue weighted by Gasteiger charge is 2.17. The number of thiazole rings is 1. The average molecular weight is 596 g/mol. The van der Waals surface area contributed by atoms with Gasteiger partial charge < -0.3 is 15.0 Å². The number of aromatic amines is 1. The molecule has 2 N–H and O–H groups in total. The maximum Gasteiger partial charge on any atom is 0.317 e. The zero-order chi connectivity index (χ0) is 30.3. The van der Waals surface area contributed by atoms with Crippen molar-refractivity contribution in [2.24, 2.45) is 0 Å². The van der Waals surface area contributed by atoms with Crippen molar-refractivity contribution >= 4 is 34.0 Å². The minimum absolute atomic E-state index is 0.0898. The first-order valence-corrected chi connectivity index (χ1v) is 16.0. The van der Waals surface area contributed by atoms with Crippen LogP contribution in [0.2, 0.25) is 0 Å². The molecule has 0 radical (unpaired) electrons. The van der Waals surface area contributed by atoms with Gasteiger partial charge in [-0.2, -0.15) is 0 Å². The van der Waals surface area contributed by atoms with Crippen molar-refractivity contribution in [2.75, 3.05) is 11.4 Å². The van der Waals surface area contributed by atoms with E-state index in [0.717, 1.165) is 39.7 Å². The van der Waals surface area contributed by atoms with E-state index in [0.29, 0.717) is 25.0 Å². The largest absolute Gasteiger partial charge is 0.480 e. The van der Waals surface area contributed by atoms with Gasteiger partial charge in [0.1, 0.15) is 10.8 Å². The predicted molar refractivity (Wildman–Crippen MR) is 176 cm³/mol. The van der Waals surface area contributed by atoms with Crippen molar-refractivity contribution in [1.29, 1.82) is 0 Å². The summed E-state index contributed by atoms with van der Waals surface area (Å²) in [7, 11) is 0. The van der Waals surface area contributed by atoms with E-state index in [1.54, 1.807) is 11.3 Å². The number of carbonyl (C=O) groups is 1. The van der Waals surface area contributed by atoms with Crippen LogP contribution in [0, 0.1) is 0 Å². The van der Waals surface area contributed by atoms with E-state index >= 15 is 0 Å². The summed E-state index contributed by atoms with van der Waals surface area (Å²) in [4.78, 5) is 28.7. The Labute approximate surface area is 258 Å². The van der Waals surface area contributed by atoms with Crippen LogP contribution in [-0.2, 0) is 24.4 Å². The summed E-state index contributed by atoms with van der Waals surface area (Å²) in [5.41, 5.74) is 7.69. The van der Waals surface area contributed by atoms with Crippen LogP contribution in [-0.4, -0.2) is 43.5 Å². The Bertz CT molecular complexity index is 1590. The van der Waals surface area contributed by atoms with Gasteiger partial charge in [0, 0.05) is 29.2 Å². The third-order valence-electron chi connectivity index (χ3n) is 7.99. The predicted octanol–water partition coefficient (Wildman–Crippen LogP) is 8.09. The van der Waals surface area contributed by atoms with Gasteiger partial charge in [-0.05, 0) is 68.0 Å². The van der Waals surface area contributed by atoms with E-state index in [1.807, 2.05) is 34.5 Å². The van der Waals surface area contributed by atoms with Crippen LogP contribution in [0.4, 0.5) is 5.69 Å². The number of H-pyrrole nitrogens is 1. The molecule has 224 valence electrons. The first kappa shape index (κ1) is 30.4. The molecule has 0 saturated heterocycles. The lowest BCUT2D eigenvalue weighted by Gasteiger charge is -2.30. The number of hydrogen-bond donors (Lipinski definition) is 2. The second-order valence-corrected chi connectivity index (χ2v) is 12.3. The molecule has 7 nitrogen and oxygen atoms in total. The third kappa shape index (κ3) is 7.69. The van der Waals surface area contributed by atoms with Crippen LogP contribution < -0.4 is 4.90 Å². The average Bonchev–Trinajstić information content (AvgIpc) is 3.63. The topological polar surface area (TPSA) is 85.4 Å². The number of rotatable bonds is 14. The number of nitrogens with one attached hydrogen (secondary N) is 1. The van der Waals surface area contributed by atoms with Gasteiger partial charge in [-0.1, -0.05) is 62.4 Å². The lowest BCUT2D eigenvalue weighted by molar-refractivity contribution is -0.138. The molecule has 3 aromatic carbocycles. The number of anilines is 1. The summed E-state index contributed by atoms with van der Waals surface area (Å²) in [6.45, 7) is 10.6. The molecule has 0 unspecified atom stereocenters. The van der Waals surface area contributed by atoms with Crippen LogP contribution in [0.5, 0.6) is 0 Å². The summed E-state index contributed by atoms with van der Waals surface area (Å²) >= 11 is 1.55. The fourth-order valence-electron chi connectivity index (χ4n) is 5.61. The maximum absolute atomic E-state index is 11.6. The summed E-state index contributed by atoms with van der Waals surface area (Å²) in [6, 6.07) is 25.9. The number of nitrogens with zero attached hydrogens (tertiary/aromatic N) is 4. The normalized spacial score (nSPS) is 11.7. The van der Waals surface area contributed by atoms with Gasteiger partial charge in [0.05, 0.1) is 36.4 Å². The van der Waals surface area contributed by atoms with Crippen molar-refractivity contribution in [3.63, 3.8) is 0 Å². The number of carboxylic acids is 1. The lowest BCUT2D eigenvalue weighted by Crippen LogP contribution is -2.30. The fraction of sp³-hybridized carbons (Fsp3) is 0.343. The highest BCUT2D eigenvalue weighted by Crippen LogP contribution is 2.28. The molecule has 8 heteroatoms. The minimum Gasteiger partial charge on any atom is -0.480 e. The van der Waals surface area contributed by atoms with Gasteiger partial charge in [0.2, 0.25) is 0 Å². The number of para-hydroxylation sites is 2. The molecule has 0 spiro atoms. The third-order valence-corrected chi connectivity index (χ3v) is 8.82. The summed E-state index contributed by atoms with van der Waals surface area (Å²) in [5.74, 6) is 0.491. The van der Waals surface area contributed by atoms with E-state index in [4.69, 9.17) is 4.98 Å². The summed E-state index contributed by atoms with van der Waals surface area (Å²) in [5, 5.41) is 12.4. The van der Waals surface area contributed by atoms with Gasteiger partial charge in [0.15, 0.2) is 0 Å². The van der Waals surface area contributed by atoms with Crippen LogP contribution in [0.3, 0.4) is 0 Å². The zero-order valence-corrected chi connectivity index (χ0v) is 26.3. The van der Waals surface area contributed by atoms with Gasteiger partial charge in [-0.25, -0.2) is 9.97 Å². The van der Waals surface area contributed by atoms with E-state index in [2.05, 4.69) is 91.1 Å². The van der Waals surface area contributed by atoms with Gasteiger partial charge in [-0.3, -0.25) is 9.69 Å². The van der Waals surface area contributed by atoms with E-state index < -0.39 is 5.97 Å². The number of aromatic nitrogens is 3. The molecule has 0 bridgehead atoms. The van der Waals surface area contributed by atoms with Crippen molar-refractivity contribution in [3.8, 4) is 11.3 Å². The molecule has 0 saturated carbocycles. The Morgan fingerprint density at radius 2 is 1.63 bits per heavy atom. The molecule has 2 heterocycles. The van der Waals surface area contributed by atoms with Gasteiger partial charge >= 0.3 is 5.97 Å². The Kier molecular flexibility index (Phi) is 9.89. The van der Waals surface area contributed by atoms with Crippen LogP contribution in [0.15, 0.2) is 78.2 Å². The summed E-state index contributed by atoms with van der Waals surface area (Å²) < 4.78 is 0. The quantitative estimate of drug-likeness (QED) is 0.135. The van der Waals surface area contributed by atoms with E-state index in [9.17, 15) is 9.90 Å². The Morgan fingerprint density at radius 3 is 2.28 bits per heavy atom. The number of fused-ring (bicyclic) bond motifs is 1. The minimum atomic E-state index is -0.874. The number of hydrogen-bond acceptors (Lipinski definition) is 6. The molecule has 0 aliphatic rings. The number of imidazole rings is 1. The fourth-order valence-corrected chi connectivity index (χ4v) is 6.45. The number of benzene rings is 3. The molecule has 2 aromatic heterocycles. The Hall–Kier alpha value is -4.01. The second kappa shape index (κ2) is 14.0. The Balaban J connectivity index is 1.25. The smallest absolute Gasteiger partial charge is 0.317 e. The highest BCUT2D eigenvalue weighted by molar-refractivity contribution is 7.09. The van der Waals surface area contributed by atoms with E-state index in [-0.39, 0.29) is 6.54 Å².